The zero-order valence-corrected chi connectivity index (χ0v) is 21.0. The highest BCUT2D eigenvalue weighted by atomic mass is 19.1. The molecule has 0 aliphatic rings. The van der Waals surface area contributed by atoms with Crippen LogP contribution >= 0.6 is 0 Å². The van der Waals surface area contributed by atoms with Crippen molar-refractivity contribution in [3.8, 4) is 17.2 Å². The second-order valence-corrected chi connectivity index (χ2v) is 8.70. The Balaban J connectivity index is 1.26. The van der Waals surface area contributed by atoms with Crippen molar-refractivity contribution < 1.29 is 9.18 Å². The Hall–Kier alpha value is -5.00. The molecule has 0 aliphatic carbocycles. The highest BCUT2D eigenvalue weighted by molar-refractivity contribution is 5.92. The van der Waals surface area contributed by atoms with Crippen molar-refractivity contribution in [3.63, 3.8) is 0 Å². The molecular formula is C26H25FN10O. The monoisotopic (exact) mass is 512 g/mol. The van der Waals surface area contributed by atoms with Gasteiger partial charge in [0, 0.05) is 54.2 Å². The van der Waals surface area contributed by atoms with E-state index in [2.05, 4.69) is 45.9 Å². The predicted octanol–water partition coefficient (Wildman–Crippen LogP) is 3.83. The van der Waals surface area contributed by atoms with Crippen molar-refractivity contribution >= 4 is 17.5 Å². The minimum Gasteiger partial charge on any atom is -0.346 e. The highest BCUT2D eigenvalue weighted by Gasteiger charge is 2.16. The number of H-pyrrole nitrogens is 1. The first-order valence-electron chi connectivity index (χ1n) is 12.0. The van der Waals surface area contributed by atoms with Crippen LogP contribution < -0.4 is 10.6 Å². The van der Waals surface area contributed by atoms with Gasteiger partial charge in [-0.25, -0.2) is 29.0 Å². The van der Waals surface area contributed by atoms with Gasteiger partial charge in [-0.3, -0.25) is 9.89 Å². The largest absolute Gasteiger partial charge is 0.346 e. The Morgan fingerprint density at radius 1 is 1.05 bits per heavy atom. The first kappa shape index (κ1) is 24.7. The number of aromatic nitrogens is 8. The number of aryl methyl sites for hydroxylation is 3. The summed E-state index contributed by atoms with van der Waals surface area (Å²) in [7, 11) is 0. The summed E-state index contributed by atoms with van der Waals surface area (Å²) < 4.78 is 16.6. The van der Waals surface area contributed by atoms with Gasteiger partial charge < -0.3 is 10.6 Å². The second-order valence-electron chi connectivity index (χ2n) is 8.70. The summed E-state index contributed by atoms with van der Waals surface area (Å²) in [4.78, 5) is 29.9. The van der Waals surface area contributed by atoms with E-state index in [1.54, 1.807) is 29.2 Å². The Kier molecular flexibility index (Phi) is 6.85. The van der Waals surface area contributed by atoms with E-state index in [1.165, 1.54) is 12.3 Å². The first-order chi connectivity index (χ1) is 18.4. The molecule has 5 rings (SSSR count). The lowest BCUT2D eigenvalue weighted by Gasteiger charge is -2.09. The molecule has 0 bridgehead atoms. The van der Waals surface area contributed by atoms with Crippen LogP contribution in [0.25, 0.3) is 17.2 Å². The number of amides is 1. The Labute approximate surface area is 217 Å². The summed E-state index contributed by atoms with van der Waals surface area (Å²) >= 11 is 0. The molecule has 3 N–H and O–H groups in total. The van der Waals surface area contributed by atoms with Crippen molar-refractivity contribution in [1.29, 1.82) is 0 Å². The maximum Gasteiger partial charge on any atom is 0.273 e. The number of carbonyl (C=O) groups excluding carboxylic acids is 1. The van der Waals surface area contributed by atoms with Gasteiger partial charge in [0.25, 0.3) is 5.91 Å². The highest BCUT2D eigenvalue weighted by Crippen LogP contribution is 2.21. The van der Waals surface area contributed by atoms with Crippen molar-refractivity contribution in [2.24, 2.45) is 0 Å². The topological polar surface area (TPSA) is 139 Å². The number of anilines is 2. The summed E-state index contributed by atoms with van der Waals surface area (Å²) in [5.41, 5.74) is 3.45. The smallest absolute Gasteiger partial charge is 0.273 e. The standard InChI is InChI=1S/C26H25FN10O/c1-4-19-9-22(36-35-19)33-21-7-16(3)32-25(34-21)18-8-20(27)24(29-13-18)26(38)30-12-17-5-6-23(28-11-17)37-14-15(2)10-31-37/h5-11,13-14H,4,12H2,1-3H3,(H,30,38)(H2,32,33,34,35,36). The molecule has 5 aromatic heterocycles. The lowest BCUT2D eigenvalue weighted by molar-refractivity contribution is 0.0941. The third kappa shape index (κ3) is 5.53. The summed E-state index contributed by atoms with van der Waals surface area (Å²) in [6.45, 7) is 5.94. The number of nitrogens with one attached hydrogen (secondary N) is 3. The van der Waals surface area contributed by atoms with Gasteiger partial charge in [0.1, 0.15) is 5.82 Å². The SMILES string of the molecule is CCc1cc(Nc2cc(C)nc(-c3cnc(C(=O)NCc4ccc(-n5cc(C)cn5)nc4)c(F)c3)n2)n[nH]1. The van der Waals surface area contributed by atoms with E-state index in [1.807, 2.05) is 39.1 Å². The molecule has 0 spiro atoms. The van der Waals surface area contributed by atoms with Crippen LogP contribution in [0.2, 0.25) is 0 Å². The number of aromatic amines is 1. The van der Waals surface area contributed by atoms with Crippen molar-refractivity contribution in [3.05, 3.63) is 89.1 Å². The van der Waals surface area contributed by atoms with Crippen LogP contribution in [0.15, 0.2) is 55.1 Å². The maximum atomic E-state index is 14.9. The van der Waals surface area contributed by atoms with Crippen LogP contribution in [0, 0.1) is 19.7 Å². The fraction of sp³-hybridized carbons (Fsp3) is 0.192. The van der Waals surface area contributed by atoms with Gasteiger partial charge in [0.2, 0.25) is 0 Å². The van der Waals surface area contributed by atoms with E-state index in [9.17, 15) is 9.18 Å². The molecule has 0 saturated carbocycles. The average molecular weight is 513 g/mol. The molecule has 0 radical (unpaired) electrons. The van der Waals surface area contributed by atoms with Crippen molar-refractivity contribution in [1.82, 2.24) is 45.2 Å². The van der Waals surface area contributed by atoms with Gasteiger partial charge in [-0.2, -0.15) is 10.2 Å². The lowest BCUT2D eigenvalue weighted by Crippen LogP contribution is -2.25. The first-order valence-corrected chi connectivity index (χ1v) is 12.0. The summed E-state index contributed by atoms with van der Waals surface area (Å²) in [5, 5.41) is 17.1. The van der Waals surface area contributed by atoms with Gasteiger partial charge >= 0.3 is 0 Å². The van der Waals surface area contributed by atoms with Crippen LogP contribution in [-0.2, 0) is 13.0 Å². The number of nitrogens with zero attached hydrogens (tertiary/aromatic N) is 7. The Morgan fingerprint density at radius 2 is 1.92 bits per heavy atom. The van der Waals surface area contributed by atoms with Crippen molar-refractivity contribution in [2.45, 2.75) is 33.7 Å². The number of hydrogen-bond acceptors (Lipinski definition) is 8. The van der Waals surface area contributed by atoms with E-state index in [4.69, 9.17) is 0 Å². The molecule has 11 nitrogen and oxygen atoms in total. The third-order valence-electron chi connectivity index (χ3n) is 5.65. The second kappa shape index (κ2) is 10.5. The fourth-order valence-electron chi connectivity index (χ4n) is 3.69. The molecule has 12 heteroatoms. The predicted molar refractivity (Wildman–Crippen MR) is 138 cm³/mol. The molecule has 0 fully saturated rings. The molecule has 1 amide bonds. The normalized spacial score (nSPS) is 10.9. The van der Waals surface area contributed by atoms with Gasteiger partial charge in [-0.15, -0.1) is 0 Å². The van der Waals surface area contributed by atoms with Gasteiger partial charge in [0.15, 0.2) is 29.0 Å². The van der Waals surface area contributed by atoms with Crippen molar-refractivity contribution in [2.75, 3.05) is 5.32 Å². The Morgan fingerprint density at radius 3 is 2.61 bits per heavy atom. The lowest BCUT2D eigenvalue weighted by atomic mass is 10.2. The number of halogens is 1. The van der Waals surface area contributed by atoms with E-state index >= 15 is 0 Å². The quantitative estimate of drug-likeness (QED) is 0.285. The molecule has 0 aromatic carbocycles. The summed E-state index contributed by atoms with van der Waals surface area (Å²) in [5.74, 6) is 0.634. The summed E-state index contributed by atoms with van der Waals surface area (Å²) in [6.07, 6.45) is 7.44. The molecule has 0 unspecified atom stereocenters. The van der Waals surface area contributed by atoms with E-state index in [-0.39, 0.29) is 18.1 Å². The molecule has 5 heterocycles. The van der Waals surface area contributed by atoms with Gasteiger partial charge in [0.05, 0.1) is 6.20 Å². The van der Waals surface area contributed by atoms with Crippen LogP contribution in [0.1, 0.15) is 39.9 Å². The molecule has 0 saturated heterocycles. The van der Waals surface area contributed by atoms with Crippen LogP contribution in [0.4, 0.5) is 16.0 Å². The molecule has 5 aromatic rings. The number of rotatable bonds is 8. The zero-order chi connectivity index (χ0) is 26.6. The molecule has 0 aliphatic heterocycles. The van der Waals surface area contributed by atoms with Crippen LogP contribution in [-0.4, -0.2) is 45.8 Å². The van der Waals surface area contributed by atoms with E-state index in [0.717, 1.165) is 23.2 Å². The van der Waals surface area contributed by atoms with E-state index in [0.29, 0.717) is 28.7 Å². The van der Waals surface area contributed by atoms with Gasteiger partial charge in [-0.1, -0.05) is 13.0 Å². The number of carbonyl (C=O) groups is 1. The van der Waals surface area contributed by atoms with Crippen LogP contribution in [0.5, 0.6) is 0 Å². The molecule has 38 heavy (non-hydrogen) atoms. The van der Waals surface area contributed by atoms with E-state index < -0.39 is 11.7 Å². The Bertz CT molecular complexity index is 1590. The fourth-order valence-corrected chi connectivity index (χ4v) is 3.69. The molecular weight excluding hydrogens is 487 g/mol. The summed E-state index contributed by atoms with van der Waals surface area (Å²) in [6, 6.07) is 8.45. The zero-order valence-electron chi connectivity index (χ0n) is 21.0. The maximum absolute atomic E-state index is 14.9. The minimum absolute atomic E-state index is 0.163. The minimum atomic E-state index is -0.776. The average Bonchev–Trinajstić information content (AvgIpc) is 3.56. The van der Waals surface area contributed by atoms with Crippen LogP contribution in [0.3, 0.4) is 0 Å². The molecule has 0 atom stereocenters. The third-order valence-corrected chi connectivity index (χ3v) is 5.65. The number of pyridine rings is 2. The molecule has 192 valence electrons. The number of hydrogen-bond donors (Lipinski definition) is 3. The van der Waals surface area contributed by atoms with Gasteiger partial charge in [-0.05, 0) is 43.5 Å².